The number of aliphatic carboxylic acids is 3. The molecule has 0 fully saturated rings. The van der Waals surface area contributed by atoms with Gasteiger partial charge < -0.3 is 47.8 Å². The molecule has 0 spiro atoms. The first-order chi connectivity index (χ1) is 14.8. The lowest BCUT2D eigenvalue weighted by Gasteiger charge is -2.23. The molecule has 32 heavy (non-hydrogen) atoms. The fourth-order valence-electron chi connectivity index (χ4n) is 2.24. The summed E-state index contributed by atoms with van der Waals surface area (Å²) in [6, 6.07) is -6.67. The van der Waals surface area contributed by atoms with E-state index >= 15 is 0 Å². The topological polar surface area (TPSA) is 289 Å². The van der Waals surface area contributed by atoms with E-state index in [1.165, 1.54) is 0 Å². The third-order valence-electron chi connectivity index (χ3n) is 3.85. The van der Waals surface area contributed by atoms with Gasteiger partial charge in [0, 0.05) is 6.42 Å². The van der Waals surface area contributed by atoms with E-state index < -0.39 is 98.0 Å². The Labute approximate surface area is 180 Å². The van der Waals surface area contributed by atoms with E-state index in [4.69, 9.17) is 26.8 Å². The summed E-state index contributed by atoms with van der Waals surface area (Å²) >= 11 is 0. The van der Waals surface area contributed by atoms with Gasteiger partial charge in [-0.15, -0.1) is 0 Å². The van der Waals surface area contributed by atoms with Crippen LogP contribution in [0, 0.1) is 0 Å². The number of aliphatic hydroxyl groups excluding tert-OH is 1. The molecule has 0 aromatic rings. The summed E-state index contributed by atoms with van der Waals surface area (Å²) in [5.41, 5.74) is 10.3. The molecule has 0 saturated carbocycles. The van der Waals surface area contributed by atoms with Crippen LogP contribution < -0.4 is 27.4 Å². The zero-order valence-corrected chi connectivity index (χ0v) is 16.6. The molecule has 0 aromatic carbocycles. The van der Waals surface area contributed by atoms with Crippen molar-refractivity contribution in [1.29, 1.82) is 0 Å². The molecule has 16 heteroatoms. The molecule has 0 aliphatic heterocycles. The van der Waals surface area contributed by atoms with E-state index in [1.807, 2.05) is 16.0 Å². The average Bonchev–Trinajstić information content (AvgIpc) is 2.66. The van der Waals surface area contributed by atoms with E-state index in [2.05, 4.69) is 0 Å². The Morgan fingerprint density at radius 3 is 1.66 bits per heavy atom. The Morgan fingerprint density at radius 2 is 1.22 bits per heavy atom. The van der Waals surface area contributed by atoms with E-state index in [-0.39, 0.29) is 0 Å². The van der Waals surface area contributed by atoms with Crippen molar-refractivity contribution in [3.05, 3.63) is 0 Å². The van der Waals surface area contributed by atoms with Crippen LogP contribution in [0.3, 0.4) is 0 Å². The first-order valence-electron chi connectivity index (χ1n) is 9.00. The molecular weight excluding hydrogens is 438 g/mol. The lowest BCUT2D eigenvalue weighted by atomic mass is 10.1. The maximum Gasteiger partial charge on any atom is 0.326 e. The summed E-state index contributed by atoms with van der Waals surface area (Å²) in [7, 11) is 0. The van der Waals surface area contributed by atoms with Crippen molar-refractivity contribution in [2.75, 3.05) is 6.61 Å². The van der Waals surface area contributed by atoms with Gasteiger partial charge >= 0.3 is 17.9 Å². The number of primary amides is 1. The lowest BCUT2D eigenvalue weighted by Crippen LogP contribution is -2.58. The number of carboxylic acid groups (broad SMARTS) is 3. The molecule has 0 aliphatic rings. The van der Waals surface area contributed by atoms with Crippen molar-refractivity contribution in [2.45, 2.75) is 49.9 Å². The molecule has 4 amide bonds. The summed E-state index contributed by atoms with van der Waals surface area (Å²) in [6.45, 7) is -1.00. The van der Waals surface area contributed by atoms with Gasteiger partial charge in [0.2, 0.25) is 23.6 Å². The molecule has 0 saturated heterocycles. The summed E-state index contributed by atoms with van der Waals surface area (Å²) in [5, 5.41) is 41.9. The Bertz CT molecular complexity index is 757. The Balaban J connectivity index is 5.30. The minimum atomic E-state index is -1.84. The number of carboxylic acids is 3. The van der Waals surface area contributed by atoms with Crippen LogP contribution in [0.25, 0.3) is 0 Å². The molecule has 0 rings (SSSR count). The van der Waals surface area contributed by atoms with Gasteiger partial charge in [0.25, 0.3) is 0 Å². The molecule has 0 heterocycles. The highest BCUT2D eigenvalue weighted by molar-refractivity contribution is 5.96. The van der Waals surface area contributed by atoms with E-state index in [0.29, 0.717) is 0 Å². The summed E-state index contributed by atoms with van der Waals surface area (Å²) in [5.74, 6) is -8.92. The van der Waals surface area contributed by atoms with Crippen LogP contribution in [0.5, 0.6) is 0 Å². The molecule has 16 nitrogen and oxygen atoms in total. The Kier molecular flexibility index (Phi) is 11.9. The van der Waals surface area contributed by atoms with Crippen molar-refractivity contribution in [2.24, 2.45) is 11.5 Å². The molecule has 0 bridgehead atoms. The second-order valence-electron chi connectivity index (χ2n) is 6.51. The van der Waals surface area contributed by atoms with Gasteiger partial charge in [-0.1, -0.05) is 0 Å². The van der Waals surface area contributed by atoms with Crippen molar-refractivity contribution in [3.63, 3.8) is 0 Å². The molecule has 4 unspecified atom stereocenters. The minimum absolute atomic E-state index is 0.517. The lowest BCUT2D eigenvalue weighted by molar-refractivity contribution is -0.144. The smallest absolute Gasteiger partial charge is 0.326 e. The standard InChI is InChI=1S/C16H25N5O11/c17-6(3-10(18)23)13(28)21-9(5-22)15(30)20-8(4-12(26)27)14(29)19-7(16(31)32)1-2-11(24)25/h6-9,22H,1-5,17H2,(H2,18,23)(H,19,29)(H,20,30)(H,21,28)(H,24,25)(H,26,27)(H,31,32). The number of hydrogen-bond donors (Lipinski definition) is 9. The highest BCUT2D eigenvalue weighted by Gasteiger charge is 2.31. The number of nitrogens with two attached hydrogens (primary N) is 2. The predicted octanol–water partition coefficient (Wildman–Crippen LogP) is -4.94. The summed E-state index contributed by atoms with van der Waals surface area (Å²) in [4.78, 5) is 80.1. The maximum atomic E-state index is 12.3. The third-order valence-corrected chi connectivity index (χ3v) is 3.85. The van der Waals surface area contributed by atoms with E-state index in [1.54, 1.807) is 0 Å². The zero-order chi connectivity index (χ0) is 25.0. The first kappa shape index (κ1) is 28.2. The SMILES string of the molecule is NC(=O)CC(N)C(=O)NC(CO)C(=O)NC(CC(=O)O)C(=O)NC(CCC(=O)O)C(=O)O. The average molecular weight is 463 g/mol. The minimum Gasteiger partial charge on any atom is -0.481 e. The first-order valence-corrected chi connectivity index (χ1v) is 9.00. The molecule has 180 valence electrons. The maximum absolute atomic E-state index is 12.3. The Hall–Kier alpha value is -3.79. The van der Waals surface area contributed by atoms with Gasteiger partial charge in [-0.05, 0) is 6.42 Å². The van der Waals surface area contributed by atoms with Crippen molar-refractivity contribution in [1.82, 2.24) is 16.0 Å². The number of carbonyl (C=O) groups is 7. The fourth-order valence-corrected chi connectivity index (χ4v) is 2.24. The van der Waals surface area contributed by atoms with Crippen LogP contribution in [0.4, 0.5) is 0 Å². The molecule has 0 aromatic heterocycles. The number of rotatable bonds is 15. The van der Waals surface area contributed by atoms with Crippen molar-refractivity contribution in [3.8, 4) is 0 Å². The number of hydrogen-bond acceptors (Lipinski definition) is 9. The van der Waals surface area contributed by atoms with Crippen LogP contribution in [0.2, 0.25) is 0 Å². The monoisotopic (exact) mass is 463 g/mol. The van der Waals surface area contributed by atoms with Gasteiger partial charge in [0.1, 0.15) is 18.1 Å². The predicted molar refractivity (Wildman–Crippen MR) is 101 cm³/mol. The van der Waals surface area contributed by atoms with Gasteiger partial charge in [-0.25, -0.2) is 4.79 Å². The van der Waals surface area contributed by atoms with Crippen LogP contribution in [0.15, 0.2) is 0 Å². The van der Waals surface area contributed by atoms with Crippen LogP contribution in [-0.2, 0) is 33.6 Å². The van der Waals surface area contributed by atoms with Gasteiger partial charge in [-0.2, -0.15) is 0 Å². The van der Waals surface area contributed by atoms with Crippen LogP contribution in [-0.4, -0.2) is 92.7 Å². The summed E-state index contributed by atoms with van der Waals surface area (Å²) in [6.07, 6.45) is -2.70. The number of amides is 4. The highest BCUT2D eigenvalue weighted by atomic mass is 16.4. The second kappa shape index (κ2) is 13.5. The van der Waals surface area contributed by atoms with Gasteiger partial charge in [-0.3, -0.25) is 28.8 Å². The van der Waals surface area contributed by atoms with Crippen LogP contribution >= 0.6 is 0 Å². The van der Waals surface area contributed by atoms with Gasteiger partial charge in [0.05, 0.1) is 25.5 Å². The third kappa shape index (κ3) is 10.8. The molecular formula is C16H25N5O11. The van der Waals surface area contributed by atoms with Crippen LogP contribution in [0.1, 0.15) is 25.7 Å². The Morgan fingerprint density at radius 1 is 0.719 bits per heavy atom. The fraction of sp³-hybridized carbons (Fsp3) is 0.562. The van der Waals surface area contributed by atoms with E-state index in [0.717, 1.165) is 0 Å². The number of carbonyl (C=O) groups excluding carboxylic acids is 4. The van der Waals surface area contributed by atoms with Gasteiger partial charge in [0.15, 0.2) is 0 Å². The molecule has 4 atom stereocenters. The molecule has 11 N–H and O–H groups in total. The number of nitrogens with one attached hydrogen (secondary N) is 3. The zero-order valence-electron chi connectivity index (χ0n) is 16.6. The largest absolute Gasteiger partial charge is 0.481 e. The highest BCUT2D eigenvalue weighted by Crippen LogP contribution is 2.02. The van der Waals surface area contributed by atoms with Crippen molar-refractivity contribution >= 4 is 41.5 Å². The quantitative estimate of drug-likeness (QED) is 0.110. The normalized spacial score (nSPS) is 14.2. The molecule has 0 radical (unpaired) electrons. The van der Waals surface area contributed by atoms with E-state index in [9.17, 15) is 38.7 Å². The van der Waals surface area contributed by atoms with Crippen molar-refractivity contribution < 1.29 is 54.0 Å². The number of aliphatic hydroxyl groups is 1. The second-order valence-corrected chi connectivity index (χ2v) is 6.51. The molecule has 0 aliphatic carbocycles. The summed E-state index contributed by atoms with van der Waals surface area (Å²) < 4.78 is 0.